The van der Waals surface area contributed by atoms with Crippen LogP contribution >= 0.6 is 0 Å². The zero-order valence-corrected chi connectivity index (χ0v) is 11.1. The molecule has 0 aromatic carbocycles. The molecule has 2 rings (SSSR count). The second-order valence-electron chi connectivity index (χ2n) is 4.99. The highest BCUT2D eigenvalue weighted by Gasteiger charge is 2.22. The van der Waals surface area contributed by atoms with Gasteiger partial charge in [0.1, 0.15) is 0 Å². The Hall–Kier alpha value is -0.870. The Bertz CT molecular complexity index is 360. The first-order valence-electron chi connectivity index (χ1n) is 6.54. The Labute approximate surface area is 103 Å². The van der Waals surface area contributed by atoms with Crippen molar-refractivity contribution in [2.75, 3.05) is 13.2 Å². The van der Waals surface area contributed by atoms with Gasteiger partial charge in [-0.3, -0.25) is 4.68 Å². The summed E-state index contributed by atoms with van der Waals surface area (Å²) in [6, 6.07) is 0.461. The van der Waals surface area contributed by atoms with Crippen LogP contribution in [0.1, 0.15) is 44.0 Å². The molecule has 0 radical (unpaired) electrons. The topological polar surface area (TPSA) is 39.1 Å². The Morgan fingerprint density at radius 2 is 2.41 bits per heavy atom. The van der Waals surface area contributed by atoms with Gasteiger partial charge >= 0.3 is 0 Å². The summed E-state index contributed by atoms with van der Waals surface area (Å²) in [6.07, 6.45) is 5.94. The van der Waals surface area contributed by atoms with Gasteiger partial charge in [0, 0.05) is 30.9 Å². The van der Waals surface area contributed by atoms with Crippen molar-refractivity contribution in [1.82, 2.24) is 15.1 Å². The number of aryl methyl sites for hydroxylation is 1. The average Bonchev–Trinajstić information content (AvgIpc) is 2.67. The van der Waals surface area contributed by atoms with E-state index in [0.29, 0.717) is 12.1 Å². The highest BCUT2D eigenvalue weighted by molar-refractivity contribution is 5.24. The minimum atomic E-state index is 0.317. The minimum absolute atomic E-state index is 0.317. The van der Waals surface area contributed by atoms with Crippen LogP contribution in [0.15, 0.2) is 6.20 Å². The summed E-state index contributed by atoms with van der Waals surface area (Å²) in [5.41, 5.74) is 2.77. The number of rotatable bonds is 5. The Morgan fingerprint density at radius 3 is 3.18 bits per heavy atom. The van der Waals surface area contributed by atoms with E-state index in [0.717, 1.165) is 19.6 Å². The van der Waals surface area contributed by atoms with Crippen LogP contribution in [-0.2, 0) is 18.2 Å². The maximum Gasteiger partial charge on any atom is 0.0594 e. The second-order valence-corrected chi connectivity index (χ2v) is 4.99. The Balaban J connectivity index is 1.86. The molecule has 96 valence electrons. The first-order valence-corrected chi connectivity index (χ1v) is 6.54. The zero-order valence-electron chi connectivity index (χ0n) is 11.1. The molecular formula is C13H23N3O. The molecule has 1 aliphatic carbocycles. The molecule has 1 N–H and O–H groups in total. The predicted molar refractivity (Wildman–Crippen MR) is 68.0 cm³/mol. The molecule has 4 nitrogen and oxygen atoms in total. The molecule has 1 heterocycles. The molecule has 1 aromatic rings. The second kappa shape index (κ2) is 5.65. The summed E-state index contributed by atoms with van der Waals surface area (Å²) in [6.45, 7) is 5.83. The highest BCUT2D eigenvalue weighted by Crippen LogP contribution is 2.28. The normalized spacial score (nSPS) is 19.6. The van der Waals surface area contributed by atoms with Crippen LogP contribution in [0.3, 0.4) is 0 Å². The van der Waals surface area contributed by atoms with Gasteiger partial charge in [0.15, 0.2) is 0 Å². The van der Waals surface area contributed by atoms with Gasteiger partial charge in [-0.05, 0) is 33.1 Å². The third kappa shape index (κ3) is 3.07. The van der Waals surface area contributed by atoms with Gasteiger partial charge in [0.05, 0.1) is 18.9 Å². The maximum atomic E-state index is 5.54. The van der Waals surface area contributed by atoms with Gasteiger partial charge in [0.2, 0.25) is 0 Å². The number of hydrogen-bond acceptors (Lipinski definition) is 3. The quantitative estimate of drug-likeness (QED) is 0.794. The van der Waals surface area contributed by atoms with E-state index in [1.165, 1.54) is 24.1 Å². The fraction of sp³-hybridized carbons (Fsp3) is 0.769. The Morgan fingerprint density at radius 1 is 1.59 bits per heavy atom. The molecule has 0 saturated carbocycles. The highest BCUT2D eigenvalue weighted by atomic mass is 16.5. The smallest absolute Gasteiger partial charge is 0.0594 e. The van der Waals surface area contributed by atoms with Crippen molar-refractivity contribution in [3.63, 3.8) is 0 Å². The van der Waals surface area contributed by atoms with Gasteiger partial charge in [-0.2, -0.15) is 5.10 Å². The fourth-order valence-electron chi connectivity index (χ4n) is 2.45. The first-order chi connectivity index (χ1) is 8.18. The number of ether oxygens (including phenoxy) is 1. The van der Waals surface area contributed by atoms with Gasteiger partial charge in [-0.1, -0.05) is 0 Å². The van der Waals surface area contributed by atoms with Crippen molar-refractivity contribution >= 4 is 0 Å². The lowest BCUT2D eigenvalue weighted by Gasteiger charge is -2.24. The molecule has 0 fully saturated rings. The fourth-order valence-corrected chi connectivity index (χ4v) is 2.45. The molecular weight excluding hydrogens is 214 g/mol. The summed E-state index contributed by atoms with van der Waals surface area (Å²) in [5, 5.41) is 7.92. The summed E-state index contributed by atoms with van der Waals surface area (Å²) < 4.78 is 7.55. The largest absolute Gasteiger partial charge is 0.377 e. The number of hydrogen-bond donors (Lipinski definition) is 1. The van der Waals surface area contributed by atoms with Crippen molar-refractivity contribution in [2.45, 2.75) is 45.3 Å². The molecule has 17 heavy (non-hydrogen) atoms. The molecule has 0 amide bonds. The van der Waals surface area contributed by atoms with E-state index in [-0.39, 0.29) is 0 Å². The summed E-state index contributed by atoms with van der Waals surface area (Å²) in [5.74, 6) is 0. The SMILES string of the molecule is CC(C)OCCNC1CCCc2c1cnn2C. The molecule has 4 heteroatoms. The van der Waals surface area contributed by atoms with Crippen molar-refractivity contribution in [3.05, 3.63) is 17.5 Å². The lowest BCUT2D eigenvalue weighted by Crippen LogP contribution is -2.28. The van der Waals surface area contributed by atoms with Gasteiger partial charge in [-0.25, -0.2) is 0 Å². The van der Waals surface area contributed by atoms with E-state index in [1.54, 1.807) is 0 Å². The lowest BCUT2D eigenvalue weighted by atomic mass is 9.93. The average molecular weight is 237 g/mol. The van der Waals surface area contributed by atoms with E-state index in [2.05, 4.69) is 24.3 Å². The van der Waals surface area contributed by atoms with E-state index < -0.39 is 0 Å². The number of fused-ring (bicyclic) bond motifs is 1. The Kier molecular flexibility index (Phi) is 4.18. The number of nitrogens with zero attached hydrogens (tertiary/aromatic N) is 2. The molecule has 1 aromatic heterocycles. The molecule has 1 unspecified atom stereocenters. The maximum absolute atomic E-state index is 5.54. The van der Waals surface area contributed by atoms with Crippen LogP contribution in [0.5, 0.6) is 0 Å². The molecule has 1 atom stereocenters. The van der Waals surface area contributed by atoms with Crippen molar-refractivity contribution < 1.29 is 4.74 Å². The molecule has 0 aliphatic heterocycles. The van der Waals surface area contributed by atoms with Crippen LogP contribution < -0.4 is 5.32 Å². The first kappa shape index (κ1) is 12.6. The van der Waals surface area contributed by atoms with Crippen molar-refractivity contribution in [3.8, 4) is 0 Å². The molecule has 0 spiro atoms. The number of nitrogens with one attached hydrogen (secondary N) is 1. The van der Waals surface area contributed by atoms with E-state index in [9.17, 15) is 0 Å². The standard InChI is InChI=1S/C13H23N3O/c1-10(2)17-8-7-14-12-5-4-6-13-11(12)9-15-16(13)3/h9-10,12,14H,4-8H2,1-3H3. The molecule has 1 aliphatic rings. The van der Waals surface area contributed by atoms with E-state index >= 15 is 0 Å². The molecule has 0 bridgehead atoms. The molecule has 0 saturated heterocycles. The van der Waals surface area contributed by atoms with Gasteiger partial charge in [0.25, 0.3) is 0 Å². The van der Waals surface area contributed by atoms with Crippen LogP contribution in [0, 0.1) is 0 Å². The zero-order chi connectivity index (χ0) is 12.3. The third-order valence-electron chi connectivity index (χ3n) is 3.32. The predicted octanol–water partition coefficient (Wildman–Crippen LogP) is 1.81. The van der Waals surface area contributed by atoms with Crippen molar-refractivity contribution in [1.29, 1.82) is 0 Å². The van der Waals surface area contributed by atoms with Crippen LogP contribution in [-0.4, -0.2) is 29.0 Å². The van der Waals surface area contributed by atoms with Gasteiger partial charge < -0.3 is 10.1 Å². The minimum Gasteiger partial charge on any atom is -0.377 e. The summed E-state index contributed by atoms with van der Waals surface area (Å²) in [4.78, 5) is 0. The third-order valence-corrected chi connectivity index (χ3v) is 3.32. The van der Waals surface area contributed by atoms with Crippen molar-refractivity contribution in [2.24, 2.45) is 7.05 Å². The van der Waals surface area contributed by atoms with Crippen LogP contribution in [0.2, 0.25) is 0 Å². The van der Waals surface area contributed by atoms with Crippen LogP contribution in [0.25, 0.3) is 0 Å². The van der Waals surface area contributed by atoms with E-state index in [4.69, 9.17) is 4.74 Å². The summed E-state index contributed by atoms with van der Waals surface area (Å²) in [7, 11) is 2.03. The summed E-state index contributed by atoms with van der Waals surface area (Å²) >= 11 is 0. The lowest BCUT2D eigenvalue weighted by molar-refractivity contribution is 0.0789. The monoisotopic (exact) mass is 237 g/mol. The number of aromatic nitrogens is 2. The van der Waals surface area contributed by atoms with Crippen LogP contribution in [0.4, 0.5) is 0 Å². The van der Waals surface area contributed by atoms with E-state index in [1.807, 2.05) is 17.9 Å². The van der Waals surface area contributed by atoms with Gasteiger partial charge in [-0.15, -0.1) is 0 Å².